The van der Waals surface area contributed by atoms with Crippen LogP contribution in [0.4, 0.5) is 4.79 Å². The third kappa shape index (κ3) is 3.72. The van der Waals surface area contributed by atoms with Gasteiger partial charge in [-0.3, -0.25) is 0 Å². The van der Waals surface area contributed by atoms with E-state index in [2.05, 4.69) is 15.9 Å². The number of benzene rings is 2. The van der Waals surface area contributed by atoms with Gasteiger partial charge in [0.25, 0.3) is 0 Å². The van der Waals surface area contributed by atoms with Crippen LogP contribution in [0.5, 0.6) is 0 Å². The van der Waals surface area contributed by atoms with E-state index in [1.54, 1.807) is 12.0 Å². The van der Waals surface area contributed by atoms with E-state index in [9.17, 15) is 4.79 Å². The van der Waals surface area contributed by atoms with Crippen molar-refractivity contribution in [3.63, 3.8) is 0 Å². The normalized spacial score (nSPS) is 21.7. The van der Waals surface area contributed by atoms with Crippen molar-refractivity contribution in [2.24, 2.45) is 0 Å². The fourth-order valence-electron chi connectivity index (χ4n) is 3.31. The molecule has 0 unspecified atom stereocenters. The van der Waals surface area contributed by atoms with Crippen LogP contribution in [0.25, 0.3) is 0 Å². The third-order valence-electron chi connectivity index (χ3n) is 4.77. The summed E-state index contributed by atoms with van der Waals surface area (Å²) in [6.45, 7) is 2.99. The van der Waals surface area contributed by atoms with Crippen molar-refractivity contribution < 1.29 is 14.3 Å². The molecule has 25 heavy (non-hydrogen) atoms. The van der Waals surface area contributed by atoms with E-state index in [4.69, 9.17) is 9.47 Å². The highest BCUT2D eigenvalue weighted by molar-refractivity contribution is 9.10. The second-order valence-corrected chi connectivity index (χ2v) is 7.25. The van der Waals surface area contributed by atoms with E-state index in [1.807, 2.05) is 61.5 Å². The Hall–Kier alpha value is -1.85. The molecule has 2 aromatic rings. The number of cyclic esters (lactones) is 1. The third-order valence-corrected chi connectivity index (χ3v) is 5.30. The molecule has 3 rings (SSSR count). The first-order chi connectivity index (χ1) is 12.1. The molecular weight excluding hydrogens is 382 g/mol. The fourth-order valence-corrected chi connectivity index (χ4v) is 3.57. The van der Waals surface area contributed by atoms with Gasteiger partial charge in [-0.05, 0) is 30.2 Å². The second kappa shape index (κ2) is 7.58. The molecule has 1 amide bonds. The highest BCUT2D eigenvalue weighted by atomic mass is 79.9. The van der Waals surface area contributed by atoms with Gasteiger partial charge in [-0.1, -0.05) is 58.4 Å². The predicted octanol–water partition coefficient (Wildman–Crippen LogP) is 4.89. The number of amides is 1. The van der Waals surface area contributed by atoms with Crippen LogP contribution in [-0.2, 0) is 15.1 Å². The minimum absolute atomic E-state index is 0.0445. The van der Waals surface area contributed by atoms with Crippen LogP contribution in [0.1, 0.15) is 30.5 Å². The molecule has 2 atom stereocenters. The maximum absolute atomic E-state index is 12.8. The molecule has 0 bridgehead atoms. The van der Waals surface area contributed by atoms with E-state index in [0.717, 1.165) is 15.6 Å². The number of ether oxygens (including phenoxy) is 2. The Morgan fingerprint density at radius 3 is 2.48 bits per heavy atom. The quantitative estimate of drug-likeness (QED) is 0.712. The molecule has 0 aromatic heterocycles. The first kappa shape index (κ1) is 18.0. The summed E-state index contributed by atoms with van der Waals surface area (Å²) in [5.41, 5.74) is 1.34. The van der Waals surface area contributed by atoms with Crippen LogP contribution in [-0.4, -0.2) is 31.3 Å². The van der Waals surface area contributed by atoms with Crippen molar-refractivity contribution in [2.45, 2.75) is 25.0 Å². The van der Waals surface area contributed by atoms with Crippen molar-refractivity contribution in [3.8, 4) is 0 Å². The number of hydrogen-bond donors (Lipinski definition) is 0. The van der Waals surface area contributed by atoms with Crippen LogP contribution >= 0.6 is 15.9 Å². The zero-order valence-electron chi connectivity index (χ0n) is 14.4. The lowest BCUT2D eigenvalue weighted by Gasteiger charge is -2.43. The van der Waals surface area contributed by atoms with Gasteiger partial charge in [-0.25, -0.2) is 4.79 Å². The molecule has 1 fully saturated rings. The molecule has 1 saturated heterocycles. The summed E-state index contributed by atoms with van der Waals surface area (Å²) in [5.74, 6) is 0. The predicted molar refractivity (Wildman–Crippen MR) is 100 cm³/mol. The Labute approximate surface area is 156 Å². The van der Waals surface area contributed by atoms with Gasteiger partial charge in [0.2, 0.25) is 0 Å². The van der Waals surface area contributed by atoms with E-state index < -0.39 is 5.60 Å². The Kier molecular flexibility index (Phi) is 5.45. The number of carbonyl (C=O) groups excluding carboxylic acids is 1. The van der Waals surface area contributed by atoms with Gasteiger partial charge in [-0.2, -0.15) is 0 Å². The summed E-state index contributed by atoms with van der Waals surface area (Å²) in [4.78, 5) is 14.6. The molecule has 0 saturated carbocycles. The molecular formula is C20H22BrNO3. The standard InChI is InChI=1S/C20H22BrNO3/c1-15(16-8-10-18(21)11-9-16)22-13-12-20(14-24-2,25-19(22)23)17-6-4-3-5-7-17/h3-11,15H,12-14H2,1-2H3/t15-,20-/m1/s1. The number of halogens is 1. The lowest BCUT2D eigenvalue weighted by atomic mass is 9.89. The molecule has 0 N–H and O–H groups in total. The van der Waals surface area contributed by atoms with Crippen molar-refractivity contribution in [3.05, 3.63) is 70.2 Å². The summed E-state index contributed by atoms with van der Waals surface area (Å²) >= 11 is 3.44. The number of methoxy groups -OCH3 is 1. The van der Waals surface area contributed by atoms with Gasteiger partial charge in [0, 0.05) is 24.5 Å². The highest BCUT2D eigenvalue weighted by Crippen LogP contribution is 2.37. The maximum Gasteiger partial charge on any atom is 0.411 e. The average Bonchev–Trinajstić information content (AvgIpc) is 2.63. The maximum atomic E-state index is 12.8. The second-order valence-electron chi connectivity index (χ2n) is 6.33. The smallest absolute Gasteiger partial charge is 0.411 e. The van der Waals surface area contributed by atoms with Gasteiger partial charge in [0.05, 0.1) is 12.6 Å². The first-order valence-electron chi connectivity index (χ1n) is 8.35. The summed E-state index contributed by atoms with van der Waals surface area (Å²) < 4.78 is 12.3. The Bertz CT molecular complexity index is 719. The Morgan fingerprint density at radius 1 is 1.20 bits per heavy atom. The van der Waals surface area contributed by atoms with Gasteiger partial charge < -0.3 is 14.4 Å². The fraction of sp³-hybridized carbons (Fsp3) is 0.350. The monoisotopic (exact) mass is 403 g/mol. The number of rotatable bonds is 5. The molecule has 1 aliphatic heterocycles. The molecule has 4 nitrogen and oxygen atoms in total. The van der Waals surface area contributed by atoms with Crippen molar-refractivity contribution in [2.75, 3.05) is 20.3 Å². The minimum Gasteiger partial charge on any atom is -0.435 e. The lowest BCUT2D eigenvalue weighted by Crippen LogP contribution is -2.50. The molecule has 0 aliphatic carbocycles. The number of hydrogen-bond acceptors (Lipinski definition) is 3. The molecule has 2 aromatic carbocycles. The van der Waals surface area contributed by atoms with E-state index in [-0.39, 0.29) is 12.1 Å². The molecule has 5 heteroatoms. The van der Waals surface area contributed by atoms with Crippen LogP contribution in [0, 0.1) is 0 Å². The van der Waals surface area contributed by atoms with Gasteiger partial charge in [-0.15, -0.1) is 0 Å². The summed E-state index contributed by atoms with van der Waals surface area (Å²) in [6, 6.07) is 17.8. The molecule has 0 spiro atoms. The van der Waals surface area contributed by atoms with Crippen LogP contribution in [0.15, 0.2) is 59.1 Å². The average molecular weight is 404 g/mol. The molecule has 0 radical (unpaired) electrons. The molecule has 1 aliphatic rings. The van der Waals surface area contributed by atoms with Crippen molar-refractivity contribution >= 4 is 22.0 Å². The first-order valence-corrected chi connectivity index (χ1v) is 9.14. The molecule has 1 heterocycles. The SMILES string of the molecule is COC[C@@]1(c2ccccc2)CCN([C@H](C)c2ccc(Br)cc2)C(=O)O1. The molecule has 132 valence electrons. The van der Waals surface area contributed by atoms with Crippen LogP contribution in [0.2, 0.25) is 0 Å². The van der Waals surface area contributed by atoms with Crippen LogP contribution < -0.4 is 0 Å². The lowest BCUT2D eigenvalue weighted by molar-refractivity contribution is -0.0964. The number of carbonyl (C=O) groups is 1. The van der Waals surface area contributed by atoms with Crippen LogP contribution in [0.3, 0.4) is 0 Å². The van der Waals surface area contributed by atoms with E-state index in [0.29, 0.717) is 19.6 Å². The van der Waals surface area contributed by atoms with E-state index >= 15 is 0 Å². The summed E-state index contributed by atoms with van der Waals surface area (Å²) in [7, 11) is 1.63. The minimum atomic E-state index is -0.719. The topological polar surface area (TPSA) is 38.8 Å². The van der Waals surface area contributed by atoms with Crippen molar-refractivity contribution in [1.29, 1.82) is 0 Å². The number of nitrogens with zero attached hydrogens (tertiary/aromatic N) is 1. The zero-order valence-corrected chi connectivity index (χ0v) is 16.0. The van der Waals surface area contributed by atoms with Gasteiger partial charge in [0.1, 0.15) is 0 Å². The zero-order chi connectivity index (χ0) is 17.9. The summed E-state index contributed by atoms with van der Waals surface area (Å²) in [5, 5.41) is 0. The van der Waals surface area contributed by atoms with E-state index in [1.165, 1.54) is 0 Å². The summed E-state index contributed by atoms with van der Waals surface area (Å²) in [6.07, 6.45) is 0.389. The Balaban J connectivity index is 1.81. The largest absolute Gasteiger partial charge is 0.435 e. The Morgan fingerprint density at radius 2 is 1.88 bits per heavy atom. The van der Waals surface area contributed by atoms with Crippen molar-refractivity contribution in [1.82, 2.24) is 4.90 Å². The van der Waals surface area contributed by atoms with Gasteiger partial charge >= 0.3 is 6.09 Å². The van der Waals surface area contributed by atoms with Gasteiger partial charge in [0.15, 0.2) is 5.60 Å². The highest BCUT2D eigenvalue weighted by Gasteiger charge is 2.43.